The van der Waals surface area contributed by atoms with E-state index in [0.29, 0.717) is 36.2 Å². The van der Waals surface area contributed by atoms with Gasteiger partial charge in [-0.1, -0.05) is 12.1 Å². The van der Waals surface area contributed by atoms with Crippen LogP contribution >= 0.6 is 0 Å². The summed E-state index contributed by atoms with van der Waals surface area (Å²) in [4.78, 5) is 23.5. The number of ether oxygens (including phenoxy) is 2. The molecule has 4 heterocycles. The Balaban J connectivity index is 1.17. The fourth-order valence-corrected chi connectivity index (χ4v) is 4.77. The topological polar surface area (TPSA) is 106 Å². The van der Waals surface area contributed by atoms with Gasteiger partial charge in [-0.15, -0.1) is 0 Å². The molecule has 9 heteroatoms. The second kappa shape index (κ2) is 10.4. The number of furan rings is 1. The van der Waals surface area contributed by atoms with Gasteiger partial charge in [-0.05, 0) is 62.2 Å². The quantitative estimate of drug-likeness (QED) is 0.343. The Morgan fingerprint density at radius 2 is 2.00 bits per heavy atom. The largest absolute Gasteiger partial charge is 0.473 e. The van der Waals surface area contributed by atoms with Gasteiger partial charge in [0.05, 0.1) is 25.3 Å². The minimum atomic E-state index is -0.505. The molecule has 1 aliphatic heterocycles. The van der Waals surface area contributed by atoms with Gasteiger partial charge in [0.25, 0.3) is 0 Å². The lowest BCUT2D eigenvalue weighted by atomic mass is 9.93. The zero-order chi connectivity index (χ0) is 25.9. The van der Waals surface area contributed by atoms with Crippen LogP contribution in [-0.4, -0.2) is 45.6 Å². The molecule has 37 heavy (non-hydrogen) atoms. The highest BCUT2D eigenvalue weighted by Gasteiger charge is 2.24. The number of benzene rings is 1. The number of pyridine rings is 1. The molecule has 1 aromatic carbocycles. The Kier molecular flexibility index (Phi) is 6.93. The lowest BCUT2D eigenvalue weighted by molar-refractivity contribution is 0.0567. The van der Waals surface area contributed by atoms with E-state index in [1.54, 1.807) is 6.07 Å². The Bertz CT molecular complexity index is 1470. The van der Waals surface area contributed by atoms with Crippen molar-refractivity contribution in [1.29, 1.82) is 5.26 Å². The number of fused-ring (bicyclic) bond motifs is 1. The zero-order valence-corrected chi connectivity index (χ0v) is 21.2. The van der Waals surface area contributed by atoms with Crippen LogP contribution in [0.1, 0.15) is 57.5 Å². The molecule has 0 spiro atoms. The highest BCUT2D eigenvalue weighted by molar-refractivity contribution is 5.90. The minimum absolute atomic E-state index is 0.161. The van der Waals surface area contributed by atoms with E-state index in [0.717, 1.165) is 54.1 Å². The van der Waals surface area contributed by atoms with Crippen molar-refractivity contribution in [3.63, 3.8) is 0 Å². The molecule has 0 aliphatic carbocycles. The standard InChI is InChI=1S/C28H29N5O4/c1-18-13-19(15-29)7-8-21(18)17-36-26-6-4-5-22(30-26)20-9-11-33(12-10-20)16-25-31-27-23(32(25)2)14-24(37-27)28(34)35-3/h4-8,13-14,20H,9-12,16-17H2,1-3H3. The molecule has 0 saturated carbocycles. The molecule has 0 atom stereocenters. The summed E-state index contributed by atoms with van der Waals surface area (Å²) in [5.74, 6) is 1.54. The van der Waals surface area contributed by atoms with E-state index in [2.05, 4.69) is 22.0 Å². The van der Waals surface area contributed by atoms with E-state index >= 15 is 0 Å². The second-order valence-corrected chi connectivity index (χ2v) is 9.37. The molecule has 190 valence electrons. The predicted molar refractivity (Wildman–Crippen MR) is 136 cm³/mol. The molecule has 9 nitrogen and oxygen atoms in total. The Morgan fingerprint density at radius 1 is 1.19 bits per heavy atom. The third-order valence-corrected chi connectivity index (χ3v) is 7.02. The molecule has 5 rings (SSSR count). The number of esters is 1. The minimum Gasteiger partial charge on any atom is -0.473 e. The van der Waals surface area contributed by atoms with Gasteiger partial charge in [0, 0.05) is 30.8 Å². The molecular weight excluding hydrogens is 470 g/mol. The van der Waals surface area contributed by atoms with Crippen molar-refractivity contribution in [1.82, 2.24) is 19.4 Å². The van der Waals surface area contributed by atoms with Crippen molar-refractivity contribution in [3.8, 4) is 11.9 Å². The first-order chi connectivity index (χ1) is 17.9. The fourth-order valence-electron chi connectivity index (χ4n) is 4.77. The Morgan fingerprint density at radius 3 is 2.70 bits per heavy atom. The van der Waals surface area contributed by atoms with Gasteiger partial charge in [0.2, 0.25) is 17.4 Å². The average Bonchev–Trinajstić information content (AvgIpc) is 3.47. The van der Waals surface area contributed by atoms with E-state index in [-0.39, 0.29) is 5.76 Å². The maximum absolute atomic E-state index is 11.7. The van der Waals surface area contributed by atoms with E-state index < -0.39 is 5.97 Å². The number of rotatable bonds is 7. The van der Waals surface area contributed by atoms with Crippen molar-refractivity contribution in [2.45, 2.75) is 38.8 Å². The number of piperidine rings is 1. The van der Waals surface area contributed by atoms with Gasteiger partial charge in [-0.3, -0.25) is 4.90 Å². The Labute approximate surface area is 215 Å². The summed E-state index contributed by atoms with van der Waals surface area (Å²) < 4.78 is 18.2. The summed E-state index contributed by atoms with van der Waals surface area (Å²) in [6, 6.07) is 15.4. The molecule has 1 aliphatic rings. The monoisotopic (exact) mass is 499 g/mol. The number of aryl methyl sites for hydroxylation is 2. The van der Waals surface area contributed by atoms with Gasteiger partial charge in [-0.25, -0.2) is 9.78 Å². The molecule has 1 saturated heterocycles. The lowest BCUT2D eigenvalue weighted by Crippen LogP contribution is -2.33. The fraction of sp³-hybridized carbons (Fsp3) is 0.357. The van der Waals surface area contributed by atoms with Crippen LogP contribution in [0.25, 0.3) is 11.2 Å². The first-order valence-corrected chi connectivity index (χ1v) is 12.3. The first kappa shape index (κ1) is 24.5. The van der Waals surface area contributed by atoms with Crippen molar-refractivity contribution >= 4 is 17.2 Å². The van der Waals surface area contributed by atoms with Gasteiger partial charge >= 0.3 is 5.97 Å². The number of carbonyl (C=O) groups is 1. The number of imidazole rings is 1. The van der Waals surface area contributed by atoms with Gasteiger partial charge in [0.15, 0.2) is 0 Å². The van der Waals surface area contributed by atoms with E-state index in [1.807, 2.05) is 48.9 Å². The number of methoxy groups -OCH3 is 1. The van der Waals surface area contributed by atoms with Crippen molar-refractivity contribution < 1.29 is 18.7 Å². The van der Waals surface area contributed by atoms with Gasteiger partial charge in [-0.2, -0.15) is 10.2 Å². The summed E-state index contributed by atoms with van der Waals surface area (Å²) in [5, 5.41) is 9.06. The van der Waals surface area contributed by atoms with E-state index in [4.69, 9.17) is 24.1 Å². The van der Waals surface area contributed by atoms with E-state index in [9.17, 15) is 4.79 Å². The number of nitrogens with zero attached hydrogens (tertiary/aromatic N) is 5. The van der Waals surface area contributed by atoms with Crippen molar-refractivity contribution in [2.24, 2.45) is 7.05 Å². The SMILES string of the molecule is COC(=O)c1cc2c(nc(CN3CCC(c4cccc(OCc5ccc(C#N)cc5C)n4)CC3)n2C)o1. The molecule has 3 aromatic heterocycles. The Hall–Kier alpha value is -4.16. The molecule has 0 amide bonds. The molecule has 1 fully saturated rings. The summed E-state index contributed by atoms with van der Waals surface area (Å²) in [7, 11) is 3.26. The maximum atomic E-state index is 11.7. The molecule has 4 aromatic rings. The average molecular weight is 500 g/mol. The van der Waals surface area contributed by atoms with Crippen LogP contribution in [0.4, 0.5) is 0 Å². The lowest BCUT2D eigenvalue weighted by Gasteiger charge is -2.31. The molecule has 0 radical (unpaired) electrons. The summed E-state index contributed by atoms with van der Waals surface area (Å²) >= 11 is 0. The predicted octanol–water partition coefficient (Wildman–Crippen LogP) is 4.49. The van der Waals surface area contributed by atoms with Gasteiger partial charge in [0.1, 0.15) is 17.9 Å². The number of aromatic nitrogens is 3. The smallest absolute Gasteiger partial charge is 0.374 e. The van der Waals surface area contributed by atoms with Crippen LogP contribution in [-0.2, 0) is 24.9 Å². The first-order valence-electron chi connectivity index (χ1n) is 12.3. The number of hydrogen-bond donors (Lipinski definition) is 0. The molecule has 0 N–H and O–H groups in total. The van der Waals surface area contributed by atoms with Gasteiger partial charge < -0.3 is 18.5 Å². The van der Waals surface area contributed by atoms with Crippen LogP contribution < -0.4 is 4.74 Å². The van der Waals surface area contributed by atoms with Crippen LogP contribution in [0, 0.1) is 18.3 Å². The third-order valence-electron chi connectivity index (χ3n) is 7.02. The summed E-state index contributed by atoms with van der Waals surface area (Å²) in [6.07, 6.45) is 2.00. The second-order valence-electron chi connectivity index (χ2n) is 9.37. The zero-order valence-electron chi connectivity index (χ0n) is 21.2. The number of hydrogen-bond acceptors (Lipinski definition) is 8. The van der Waals surface area contributed by atoms with E-state index in [1.165, 1.54) is 7.11 Å². The normalized spacial score (nSPS) is 14.5. The maximum Gasteiger partial charge on any atom is 0.374 e. The highest BCUT2D eigenvalue weighted by atomic mass is 16.5. The van der Waals surface area contributed by atoms with Crippen molar-refractivity contribution in [2.75, 3.05) is 20.2 Å². The van der Waals surface area contributed by atoms with Crippen LogP contribution in [0.2, 0.25) is 0 Å². The molecular formula is C28H29N5O4. The summed E-state index contributed by atoms with van der Waals surface area (Å²) in [6.45, 7) is 4.98. The molecule has 0 unspecified atom stereocenters. The number of likely N-dealkylation sites (tertiary alicyclic amines) is 1. The summed E-state index contributed by atoms with van der Waals surface area (Å²) in [5.41, 5.74) is 5.01. The van der Waals surface area contributed by atoms with Crippen LogP contribution in [0.15, 0.2) is 46.9 Å². The molecule has 0 bridgehead atoms. The third kappa shape index (κ3) is 5.20. The van der Waals surface area contributed by atoms with Crippen molar-refractivity contribution in [3.05, 3.63) is 76.4 Å². The number of nitriles is 1. The highest BCUT2D eigenvalue weighted by Crippen LogP contribution is 2.29. The van der Waals surface area contributed by atoms with Crippen LogP contribution in [0.3, 0.4) is 0 Å². The van der Waals surface area contributed by atoms with Crippen LogP contribution in [0.5, 0.6) is 5.88 Å². The number of carbonyl (C=O) groups excluding carboxylic acids is 1.